The third-order valence-corrected chi connectivity index (χ3v) is 2.33. The molecule has 2 rings (SSSR count). The van der Waals surface area contributed by atoms with Crippen LogP contribution in [0.25, 0.3) is 0 Å². The van der Waals surface area contributed by atoms with Gasteiger partial charge in [-0.05, 0) is 12.5 Å². The summed E-state index contributed by atoms with van der Waals surface area (Å²) in [5.41, 5.74) is 1.08. The van der Waals surface area contributed by atoms with E-state index in [0.717, 1.165) is 5.56 Å². The number of carbonyl (C=O) groups is 1. The topological polar surface area (TPSA) is 29.5 Å². The predicted octanol–water partition coefficient (Wildman–Crippen LogP) is 1.74. The predicted molar refractivity (Wildman–Crippen MR) is 52.2 cm³/mol. The van der Waals surface area contributed by atoms with Crippen molar-refractivity contribution in [1.29, 1.82) is 0 Å². The first-order valence-corrected chi connectivity index (χ1v) is 4.76. The van der Waals surface area contributed by atoms with Gasteiger partial charge in [-0.3, -0.25) is 9.63 Å². The van der Waals surface area contributed by atoms with Crippen LogP contribution < -0.4 is 0 Å². The summed E-state index contributed by atoms with van der Waals surface area (Å²) in [6.07, 6.45) is 0.606. The van der Waals surface area contributed by atoms with E-state index < -0.39 is 0 Å². The van der Waals surface area contributed by atoms with E-state index in [-0.39, 0.29) is 11.9 Å². The molecule has 0 unspecified atom stereocenters. The van der Waals surface area contributed by atoms with Gasteiger partial charge in [0, 0.05) is 0 Å². The quantitative estimate of drug-likeness (QED) is 0.681. The first-order chi connectivity index (χ1) is 6.77. The molecule has 0 aromatic heterocycles. The van der Waals surface area contributed by atoms with Crippen molar-refractivity contribution in [1.82, 2.24) is 5.06 Å². The lowest BCUT2D eigenvalue weighted by molar-refractivity contribution is -0.230. The normalized spacial score (nSPS) is 20.8. The van der Waals surface area contributed by atoms with Gasteiger partial charge < -0.3 is 0 Å². The lowest BCUT2D eigenvalue weighted by Gasteiger charge is -2.36. The van der Waals surface area contributed by atoms with E-state index in [9.17, 15) is 4.79 Å². The van der Waals surface area contributed by atoms with Gasteiger partial charge in [0.25, 0.3) is 0 Å². The molecule has 0 spiro atoms. The van der Waals surface area contributed by atoms with Gasteiger partial charge in [-0.1, -0.05) is 30.3 Å². The highest BCUT2D eigenvalue weighted by Crippen LogP contribution is 2.19. The Hall–Kier alpha value is -1.35. The zero-order valence-electron chi connectivity index (χ0n) is 8.14. The molecule has 14 heavy (non-hydrogen) atoms. The summed E-state index contributed by atoms with van der Waals surface area (Å²) in [6.45, 7) is 2.45. The number of hydrogen-bond acceptors (Lipinski definition) is 2. The Bertz CT molecular complexity index is 323. The van der Waals surface area contributed by atoms with Gasteiger partial charge in [0.1, 0.15) is 6.61 Å². The van der Waals surface area contributed by atoms with Gasteiger partial charge in [0.05, 0.1) is 12.5 Å². The monoisotopic (exact) mass is 191 g/mol. The van der Waals surface area contributed by atoms with Crippen LogP contribution in [0.2, 0.25) is 0 Å². The molecule has 3 heteroatoms. The highest BCUT2D eigenvalue weighted by Gasteiger charge is 2.33. The fraction of sp³-hybridized carbons (Fsp3) is 0.364. The molecule has 1 amide bonds. The summed E-state index contributed by atoms with van der Waals surface area (Å²) in [4.78, 5) is 16.4. The summed E-state index contributed by atoms with van der Waals surface area (Å²) in [5.74, 6) is 0.0773. The van der Waals surface area contributed by atoms with E-state index in [4.69, 9.17) is 4.84 Å². The second-order valence-electron chi connectivity index (χ2n) is 3.53. The lowest BCUT2D eigenvalue weighted by Crippen LogP contribution is -2.50. The Morgan fingerprint density at radius 2 is 2.14 bits per heavy atom. The molecule has 1 aliphatic rings. The molecule has 74 valence electrons. The largest absolute Gasteiger partial charge is 0.272 e. The number of carbonyl (C=O) groups excluding carboxylic acids is 1. The van der Waals surface area contributed by atoms with E-state index in [2.05, 4.69) is 0 Å². The minimum atomic E-state index is 0.0773. The Morgan fingerprint density at radius 3 is 2.71 bits per heavy atom. The number of hydrogen-bond donors (Lipinski definition) is 0. The zero-order valence-corrected chi connectivity index (χ0v) is 8.14. The molecule has 0 aliphatic carbocycles. The fourth-order valence-electron chi connectivity index (χ4n) is 1.48. The molecule has 1 atom stereocenters. The van der Waals surface area contributed by atoms with Crippen LogP contribution in [0.4, 0.5) is 0 Å². The maximum Gasteiger partial charge on any atom is 0.248 e. The first kappa shape index (κ1) is 9.21. The van der Waals surface area contributed by atoms with Crippen molar-refractivity contribution in [2.24, 2.45) is 0 Å². The summed E-state index contributed by atoms with van der Waals surface area (Å²) in [5, 5.41) is 1.45. The van der Waals surface area contributed by atoms with Crippen LogP contribution in [0.3, 0.4) is 0 Å². The summed E-state index contributed by atoms with van der Waals surface area (Å²) in [6, 6.07) is 10.1. The van der Waals surface area contributed by atoms with Crippen LogP contribution in [0.5, 0.6) is 0 Å². The number of nitrogens with zero attached hydrogens (tertiary/aromatic N) is 1. The van der Waals surface area contributed by atoms with Crippen LogP contribution in [0, 0.1) is 0 Å². The molecule has 0 radical (unpaired) electrons. The number of amides is 1. The average Bonchev–Trinajstić information content (AvgIpc) is 2.19. The molecule has 0 bridgehead atoms. The van der Waals surface area contributed by atoms with Crippen LogP contribution in [0.1, 0.15) is 18.9 Å². The van der Waals surface area contributed by atoms with E-state index in [1.165, 1.54) is 5.06 Å². The molecule has 0 N–H and O–H groups in total. The van der Waals surface area contributed by atoms with E-state index in [1.807, 2.05) is 37.3 Å². The summed E-state index contributed by atoms with van der Waals surface area (Å²) >= 11 is 0. The molecule has 1 aromatic carbocycles. The second-order valence-corrected chi connectivity index (χ2v) is 3.53. The number of β-lactam (4-membered cyclic amide) rings is 1. The third-order valence-electron chi connectivity index (χ3n) is 2.33. The van der Waals surface area contributed by atoms with Crippen LogP contribution in [-0.4, -0.2) is 17.0 Å². The van der Waals surface area contributed by atoms with Crippen molar-refractivity contribution in [2.45, 2.75) is 26.0 Å². The van der Waals surface area contributed by atoms with Crippen molar-refractivity contribution < 1.29 is 9.63 Å². The Balaban J connectivity index is 1.86. The first-order valence-electron chi connectivity index (χ1n) is 4.76. The fourth-order valence-corrected chi connectivity index (χ4v) is 1.48. The van der Waals surface area contributed by atoms with Crippen molar-refractivity contribution in [2.75, 3.05) is 0 Å². The summed E-state index contributed by atoms with van der Waals surface area (Å²) in [7, 11) is 0. The van der Waals surface area contributed by atoms with Gasteiger partial charge in [0.2, 0.25) is 5.91 Å². The van der Waals surface area contributed by atoms with Gasteiger partial charge in [-0.25, -0.2) is 5.06 Å². The minimum absolute atomic E-state index is 0.0773. The van der Waals surface area contributed by atoms with Gasteiger partial charge in [-0.2, -0.15) is 0 Å². The Labute approximate surface area is 83.2 Å². The zero-order chi connectivity index (χ0) is 9.97. The maximum absolute atomic E-state index is 11.1. The second kappa shape index (κ2) is 3.80. The number of hydroxylamine groups is 2. The van der Waals surface area contributed by atoms with Crippen molar-refractivity contribution in [3.63, 3.8) is 0 Å². The third kappa shape index (κ3) is 1.77. The Kier molecular flexibility index (Phi) is 2.50. The van der Waals surface area contributed by atoms with Gasteiger partial charge in [-0.15, -0.1) is 0 Å². The molecular formula is C11H13NO2. The van der Waals surface area contributed by atoms with E-state index in [1.54, 1.807) is 0 Å². The van der Waals surface area contributed by atoms with Crippen molar-refractivity contribution in [3.8, 4) is 0 Å². The molecule has 1 heterocycles. The van der Waals surface area contributed by atoms with Crippen LogP contribution in [0.15, 0.2) is 30.3 Å². The average molecular weight is 191 g/mol. The summed E-state index contributed by atoms with van der Waals surface area (Å²) < 4.78 is 0. The molecule has 0 saturated carbocycles. The highest BCUT2D eigenvalue weighted by molar-refractivity contribution is 5.81. The molecule has 1 aromatic rings. The van der Waals surface area contributed by atoms with Crippen LogP contribution >= 0.6 is 0 Å². The van der Waals surface area contributed by atoms with Crippen molar-refractivity contribution >= 4 is 5.91 Å². The standard InChI is InChI=1S/C11H13NO2/c1-9-7-11(13)12(9)14-8-10-5-3-2-4-6-10/h2-6,9H,7-8H2,1H3/t9-/m0/s1. The molecule has 1 saturated heterocycles. The minimum Gasteiger partial charge on any atom is -0.272 e. The smallest absolute Gasteiger partial charge is 0.248 e. The SMILES string of the molecule is C[C@H]1CC(=O)N1OCc1ccccc1. The number of rotatable bonds is 3. The van der Waals surface area contributed by atoms with E-state index in [0.29, 0.717) is 13.0 Å². The molecule has 1 aliphatic heterocycles. The van der Waals surface area contributed by atoms with Crippen LogP contribution in [-0.2, 0) is 16.2 Å². The number of benzene rings is 1. The van der Waals surface area contributed by atoms with E-state index >= 15 is 0 Å². The van der Waals surface area contributed by atoms with Crippen molar-refractivity contribution in [3.05, 3.63) is 35.9 Å². The molecular weight excluding hydrogens is 178 g/mol. The Morgan fingerprint density at radius 1 is 1.43 bits per heavy atom. The van der Waals surface area contributed by atoms with Gasteiger partial charge >= 0.3 is 0 Å². The maximum atomic E-state index is 11.1. The van der Waals surface area contributed by atoms with Gasteiger partial charge in [0.15, 0.2) is 0 Å². The lowest BCUT2D eigenvalue weighted by atomic mass is 10.1. The highest BCUT2D eigenvalue weighted by atomic mass is 16.7. The molecule has 3 nitrogen and oxygen atoms in total. The molecule has 1 fully saturated rings.